The minimum absolute atomic E-state index is 0.224. The summed E-state index contributed by atoms with van der Waals surface area (Å²) in [5, 5.41) is 3.49. The smallest absolute Gasteiger partial charge is 0.156 e. The van der Waals surface area contributed by atoms with Gasteiger partial charge >= 0.3 is 0 Å². The van der Waals surface area contributed by atoms with Crippen LogP contribution in [0, 0.1) is 18.8 Å². The molecule has 2 atom stereocenters. The zero-order valence-electron chi connectivity index (χ0n) is 11.4. The fraction of sp³-hybridized carbons (Fsp3) is 0.643. The van der Waals surface area contributed by atoms with Crippen LogP contribution in [0.15, 0.2) is 0 Å². The molecule has 0 amide bonds. The van der Waals surface area contributed by atoms with Gasteiger partial charge in [-0.3, -0.25) is 4.79 Å². The van der Waals surface area contributed by atoms with Crippen molar-refractivity contribution in [3.63, 3.8) is 0 Å². The summed E-state index contributed by atoms with van der Waals surface area (Å²) >= 11 is 5.96. The molecule has 1 aromatic rings. The average molecular weight is 282 g/mol. The van der Waals surface area contributed by atoms with E-state index in [9.17, 15) is 4.79 Å². The van der Waals surface area contributed by atoms with Crippen LogP contribution < -0.4 is 5.32 Å². The van der Waals surface area contributed by atoms with Crippen molar-refractivity contribution in [2.24, 2.45) is 11.8 Å². The van der Waals surface area contributed by atoms with Gasteiger partial charge in [0, 0.05) is 6.54 Å². The van der Waals surface area contributed by atoms with E-state index < -0.39 is 0 Å². The van der Waals surface area contributed by atoms with Crippen molar-refractivity contribution in [3.05, 3.63) is 16.5 Å². The van der Waals surface area contributed by atoms with Gasteiger partial charge in [0.15, 0.2) is 6.29 Å². The minimum Gasteiger partial charge on any atom is -0.369 e. The van der Waals surface area contributed by atoms with Crippen LogP contribution in [0.5, 0.6) is 0 Å². The number of nitrogens with zero attached hydrogens (tertiary/aromatic N) is 2. The zero-order valence-corrected chi connectivity index (χ0v) is 12.2. The first-order valence-corrected chi connectivity index (χ1v) is 7.21. The lowest BCUT2D eigenvalue weighted by atomic mass is 9.82. The van der Waals surface area contributed by atoms with E-state index in [1.54, 1.807) is 6.92 Å². The molecule has 0 spiro atoms. The molecule has 1 N–H and O–H groups in total. The molecule has 104 valence electrons. The second-order valence-electron chi connectivity index (χ2n) is 5.46. The van der Waals surface area contributed by atoms with Crippen LogP contribution in [0.4, 0.5) is 5.82 Å². The topological polar surface area (TPSA) is 54.9 Å². The third-order valence-electron chi connectivity index (χ3n) is 3.73. The van der Waals surface area contributed by atoms with Crippen LogP contribution in [0.3, 0.4) is 0 Å². The fourth-order valence-corrected chi connectivity index (χ4v) is 3.03. The Morgan fingerprint density at radius 2 is 2.21 bits per heavy atom. The highest BCUT2D eigenvalue weighted by Gasteiger charge is 2.19. The Balaban J connectivity index is 2.04. The van der Waals surface area contributed by atoms with Gasteiger partial charge in [0.05, 0.1) is 5.56 Å². The standard InChI is InChI=1S/C14H20ClN3O/c1-9-4-3-5-11(6-9)7-16-14-12(8-19)13(15)17-10(2)18-14/h8-9,11H,3-7H2,1-2H3,(H,16,17,18). The van der Waals surface area contributed by atoms with Crippen molar-refractivity contribution in [1.29, 1.82) is 0 Å². The molecule has 2 rings (SSSR count). The first kappa shape index (κ1) is 14.3. The lowest BCUT2D eigenvalue weighted by Crippen LogP contribution is -2.22. The largest absolute Gasteiger partial charge is 0.369 e. The number of hydrogen-bond acceptors (Lipinski definition) is 4. The molecule has 1 aromatic heterocycles. The van der Waals surface area contributed by atoms with Gasteiger partial charge in [-0.25, -0.2) is 9.97 Å². The normalized spacial score (nSPS) is 23.1. The number of aromatic nitrogens is 2. The van der Waals surface area contributed by atoms with Crippen molar-refractivity contribution < 1.29 is 4.79 Å². The van der Waals surface area contributed by atoms with E-state index in [2.05, 4.69) is 22.2 Å². The molecular formula is C14H20ClN3O. The molecule has 0 bridgehead atoms. The molecule has 4 nitrogen and oxygen atoms in total. The number of hydrogen-bond donors (Lipinski definition) is 1. The van der Waals surface area contributed by atoms with E-state index in [1.165, 1.54) is 25.7 Å². The molecule has 1 aliphatic carbocycles. The van der Waals surface area contributed by atoms with Crippen LogP contribution in [-0.2, 0) is 0 Å². The van der Waals surface area contributed by atoms with Gasteiger partial charge in [-0.2, -0.15) is 0 Å². The van der Waals surface area contributed by atoms with Gasteiger partial charge in [0.1, 0.15) is 16.8 Å². The van der Waals surface area contributed by atoms with Crippen LogP contribution in [-0.4, -0.2) is 22.8 Å². The minimum atomic E-state index is 0.224. The summed E-state index contributed by atoms with van der Waals surface area (Å²) in [4.78, 5) is 19.3. The molecule has 0 aromatic carbocycles. The summed E-state index contributed by atoms with van der Waals surface area (Å²) in [5.74, 6) is 2.58. The maximum atomic E-state index is 11.1. The maximum absolute atomic E-state index is 11.1. The Kier molecular flexibility index (Phi) is 4.75. The first-order chi connectivity index (χ1) is 9.10. The monoisotopic (exact) mass is 281 g/mol. The summed E-state index contributed by atoms with van der Waals surface area (Å²) < 4.78 is 0. The van der Waals surface area contributed by atoms with Gasteiger partial charge < -0.3 is 5.32 Å². The second-order valence-corrected chi connectivity index (χ2v) is 5.82. The summed E-state index contributed by atoms with van der Waals surface area (Å²) in [5.41, 5.74) is 0.358. The van der Waals surface area contributed by atoms with Crippen molar-refractivity contribution in [1.82, 2.24) is 9.97 Å². The second kappa shape index (κ2) is 6.33. The van der Waals surface area contributed by atoms with E-state index >= 15 is 0 Å². The Morgan fingerprint density at radius 1 is 1.42 bits per heavy atom. The van der Waals surface area contributed by atoms with E-state index in [4.69, 9.17) is 11.6 Å². The predicted molar refractivity (Wildman–Crippen MR) is 76.8 cm³/mol. The van der Waals surface area contributed by atoms with Gasteiger partial charge in [-0.1, -0.05) is 31.4 Å². The lowest BCUT2D eigenvalue weighted by Gasteiger charge is -2.27. The van der Waals surface area contributed by atoms with Crippen molar-refractivity contribution >= 4 is 23.7 Å². The van der Waals surface area contributed by atoms with Crippen molar-refractivity contribution in [2.45, 2.75) is 39.5 Å². The number of aryl methyl sites for hydroxylation is 1. The number of anilines is 1. The maximum Gasteiger partial charge on any atom is 0.156 e. The molecule has 19 heavy (non-hydrogen) atoms. The van der Waals surface area contributed by atoms with Crippen molar-refractivity contribution in [3.8, 4) is 0 Å². The highest BCUT2D eigenvalue weighted by Crippen LogP contribution is 2.29. The fourth-order valence-electron chi connectivity index (χ4n) is 2.77. The quantitative estimate of drug-likeness (QED) is 0.678. The molecule has 1 heterocycles. The van der Waals surface area contributed by atoms with E-state index in [0.717, 1.165) is 12.5 Å². The van der Waals surface area contributed by atoms with Gasteiger partial charge in [0.25, 0.3) is 0 Å². The molecule has 0 aliphatic heterocycles. The molecule has 0 saturated heterocycles. The average Bonchev–Trinajstić information content (AvgIpc) is 2.36. The van der Waals surface area contributed by atoms with Crippen LogP contribution >= 0.6 is 11.6 Å². The molecule has 1 aliphatic rings. The Hall–Kier alpha value is -1.16. The molecule has 0 radical (unpaired) electrons. The van der Waals surface area contributed by atoms with E-state index in [1.807, 2.05) is 0 Å². The first-order valence-electron chi connectivity index (χ1n) is 6.83. The third-order valence-corrected chi connectivity index (χ3v) is 4.02. The SMILES string of the molecule is Cc1nc(Cl)c(C=O)c(NCC2CCCC(C)C2)n1. The number of nitrogens with one attached hydrogen (secondary N) is 1. The zero-order chi connectivity index (χ0) is 13.8. The summed E-state index contributed by atoms with van der Waals surface area (Å²) in [7, 11) is 0. The number of halogens is 1. The molecule has 2 unspecified atom stereocenters. The third kappa shape index (κ3) is 3.66. The van der Waals surface area contributed by atoms with Gasteiger partial charge in [-0.05, 0) is 31.6 Å². The number of carbonyl (C=O) groups excluding carboxylic acids is 1. The Morgan fingerprint density at radius 3 is 2.89 bits per heavy atom. The number of rotatable bonds is 4. The Labute approximate surface area is 119 Å². The highest BCUT2D eigenvalue weighted by molar-refractivity contribution is 6.32. The molecule has 1 fully saturated rings. The van der Waals surface area contributed by atoms with Crippen LogP contribution in [0.25, 0.3) is 0 Å². The van der Waals surface area contributed by atoms with Gasteiger partial charge in [-0.15, -0.1) is 0 Å². The number of carbonyl (C=O) groups is 1. The summed E-state index contributed by atoms with van der Waals surface area (Å²) in [6.07, 6.45) is 5.81. The van der Waals surface area contributed by atoms with E-state index in [-0.39, 0.29) is 5.15 Å². The lowest BCUT2D eigenvalue weighted by molar-refractivity contribution is 0.112. The van der Waals surface area contributed by atoms with E-state index in [0.29, 0.717) is 29.4 Å². The summed E-state index contributed by atoms with van der Waals surface area (Å²) in [6.45, 7) is 4.92. The Bertz CT molecular complexity index is 464. The summed E-state index contributed by atoms with van der Waals surface area (Å²) in [6, 6.07) is 0. The molecular weight excluding hydrogens is 262 g/mol. The van der Waals surface area contributed by atoms with Crippen molar-refractivity contribution in [2.75, 3.05) is 11.9 Å². The van der Waals surface area contributed by atoms with Gasteiger partial charge in [0.2, 0.25) is 0 Å². The van der Waals surface area contributed by atoms with Crippen LogP contribution in [0.1, 0.15) is 48.8 Å². The molecule has 5 heteroatoms. The number of aldehydes is 1. The highest BCUT2D eigenvalue weighted by atomic mass is 35.5. The predicted octanol–water partition coefficient (Wildman–Crippen LogP) is 3.49. The van der Waals surface area contributed by atoms with Crippen LogP contribution in [0.2, 0.25) is 5.15 Å². The molecule has 1 saturated carbocycles.